The van der Waals surface area contributed by atoms with Crippen LogP contribution in [0.15, 0.2) is 85.2 Å². The Morgan fingerprint density at radius 3 is 1.90 bits per heavy atom. The van der Waals surface area contributed by atoms with Crippen LogP contribution in [0.25, 0.3) is 22.5 Å². The molecule has 1 atom stereocenters. The highest BCUT2D eigenvalue weighted by molar-refractivity contribution is 5.96. The summed E-state index contributed by atoms with van der Waals surface area (Å²) in [7, 11) is 0. The fourth-order valence-corrected chi connectivity index (χ4v) is 4.37. The van der Waals surface area contributed by atoms with Gasteiger partial charge in [-0.2, -0.15) is 0 Å². The van der Waals surface area contributed by atoms with Crippen LogP contribution in [0.4, 0.5) is 0 Å². The molecule has 4 rings (SSSR count). The third-order valence-corrected chi connectivity index (χ3v) is 6.75. The molecule has 0 spiro atoms. The smallest absolute Gasteiger partial charge is 0.326 e. The van der Waals surface area contributed by atoms with Gasteiger partial charge in [0.15, 0.2) is 5.82 Å². The summed E-state index contributed by atoms with van der Waals surface area (Å²) >= 11 is 0. The second-order valence-electron chi connectivity index (χ2n) is 10.8. The van der Waals surface area contributed by atoms with Gasteiger partial charge in [0.1, 0.15) is 6.04 Å². The van der Waals surface area contributed by atoms with E-state index in [1.807, 2.05) is 48.8 Å². The van der Waals surface area contributed by atoms with Crippen molar-refractivity contribution in [1.29, 1.82) is 0 Å². The number of aryl methyl sites for hydroxylation is 1. The van der Waals surface area contributed by atoms with Crippen molar-refractivity contribution >= 4 is 11.9 Å². The van der Waals surface area contributed by atoms with Crippen molar-refractivity contribution < 1.29 is 14.7 Å². The number of hydrogen-bond donors (Lipinski definition) is 2. The van der Waals surface area contributed by atoms with Crippen LogP contribution in [0.5, 0.6) is 0 Å². The van der Waals surface area contributed by atoms with E-state index in [-0.39, 0.29) is 11.8 Å². The number of nitrogens with zero attached hydrogens (tertiary/aromatic N) is 2. The molecule has 1 heterocycles. The minimum atomic E-state index is -1.08. The summed E-state index contributed by atoms with van der Waals surface area (Å²) in [5.74, 6) is -0.890. The van der Waals surface area contributed by atoms with Gasteiger partial charge >= 0.3 is 5.97 Å². The molecule has 0 saturated carbocycles. The zero-order valence-corrected chi connectivity index (χ0v) is 22.9. The van der Waals surface area contributed by atoms with Crippen LogP contribution in [0.1, 0.15) is 61.2 Å². The molecule has 1 amide bonds. The fourth-order valence-electron chi connectivity index (χ4n) is 4.37. The molecule has 0 radical (unpaired) electrons. The highest BCUT2D eigenvalue weighted by Crippen LogP contribution is 2.26. The largest absolute Gasteiger partial charge is 0.480 e. The van der Waals surface area contributed by atoms with Crippen molar-refractivity contribution in [2.75, 3.05) is 0 Å². The van der Waals surface area contributed by atoms with Gasteiger partial charge in [0.05, 0.1) is 0 Å². The molecule has 6 nitrogen and oxygen atoms in total. The molecule has 0 saturated heterocycles. The molecule has 0 aliphatic rings. The third kappa shape index (κ3) is 7.17. The SMILES string of the molecule is CCCc1ccc(C(=O)N[C@@H](Cc2ccc(-c3ncc(-c4ccc(C(C)(C)C)cc4)cn3)cc2)C(=O)O)cc1. The molecular formula is C33H35N3O3. The van der Waals surface area contributed by atoms with Gasteiger partial charge in [-0.15, -0.1) is 0 Å². The molecule has 0 aliphatic heterocycles. The molecule has 200 valence electrons. The van der Waals surface area contributed by atoms with Crippen LogP contribution in [0, 0.1) is 0 Å². The van der Waals surface area contributed by atoms with E-state index in [1.165, 1.54) is 5.56 Å². The van der Waals surface area contributed by atoms with Crippen molar-refractivity contribution in [2.45, 2.75) is 58.4 Å². The van der Waals surface area contributed by atoms with Crippen molar-refractivity contribution in [3.05, 3.63) is 107 Å². The summed E-state index contributed by atoms with van der Waals surface area (Å²) in [5, 5.41) is 12.4. The minimum Gasteiger partial charge on any atom is -0.480 e. The van der Waals surface area contributed by atoms with Crippen LogP contribution < -0.4 is 5.32 Å². The summed E-state index contributed by atoms with van der Waals surface area (Å²) in [5.41, 5.74) is 6.59. The van der Waals surface area contributed by atoms with Gasteiger partial charge in [0.25, 0.3) is 5.91 Å². The first-order valence-corrected chi connectivity index (χ1v) is 13.3. The van der Waals surface area contributed by atoms with E-state index >= 15 is 0 Å². The van der Waals surface area contributed by atoms with Crippen LogP contribution in [-0.4, -0.2) is 33.0 Å². The summed E-state index contributed by atoms with van der Waals surface area (Å²) in [4.78, 5) is 33.6. The Kier molecular flexibility index (Phi) is 8.55. The maximum atomic E-state index is 12.7. The lowest BCUT2D eigenvalue weighted by molar-refractivity contribution is -0.139. The van der Waals surface area contributed by atoms with Crippen LogP contribution in [-0.2, 0) is 23.1 Å². The van der Waals surface area contributed by atoms with Crippen LogP contribution in [0.3, 0.4) is 0 Å². The Morgan fingerprint density at radius 2 is 1.36 bits per heavy atom. The Hall–Kier alpha value is -4.32. The number of aromatic nitrogens is 2. The second-order valence-corrected chi connectivity index (χ2v) is 10.8. The molecule has 6 heteroatoms. The highest BCUT2D eigenvalue weighted by Gasteiger charge is 2.21. The van der Waals surface area contributed by atoms with E-state index in [9.17, 15) is 14.7 Å². The number of benzene rings is 3. The molecule has 2 N–H and O–H groups in total. The van der Waals surface area contributed by atoms with Gasteiger partial charge in [-0.1, -0.05) is 94.8 Å². The number of nitrogens with one attached hydrogen (secondary N) is 1. The number of rotatable bonds is 9. The van der Waals surface area contributed by atoms with Crippen LogP contribution in [0.2, 0.25) is 0 Å². The molecule has 3 aromatic carbocycles. The lowest BCUT2D eigenvalue weighted by atomic mass is 9.86. The van der Waals surface area contributed by atoms with Gasteiger partial charge in [-0.3, -0.25) is 4.79 Å². The van der Waals surface area contributed by atoms with E-state index < -0.39 is 17.9 Å². The summed E-state index contributed by atoms with van der Waals surface area (Å²) in [6, 6.07) is 22.1. The number of aliphatic carboxylic acids is 1. The topological polar surface area (TPSA) is 92.2 Å². The first-order valence-electron chi connectivity index (χ1n) is 13.3. The predicted octanol–water partition coefficient (Wildman–Crippen LogP) is 6.49. The molecule has 0 bridgehead atoms. The molecule has 39 heavy (non-hydrogen) atoms. The average molecular weight is 522 g/mol. The number of hydrogen-bond acceptors (Lipinski definition) is 4. The lowest BCUT2D eigenvalue weighted by Gasteiger charge is -2.19. The van der Waals surface area contributed by atoms with E-state index in [4.69, 9.17) is 0 Å². The monoisotopic (exact) mass is 521 g/mol. The number of carboxylic acids is 1. The third-order valence-electron chi connectivity index (χ3n) is 6.75. The van der Waals surface area contributed by atoms with Gasteiger partial charge in [0, 0.05) is 35.5 Å². The van der Waals surface area contributed by atoms with E-state index in [2.05, 4.69) is 67.2 Å². The zero-order chi connectivity index (χ0) is 28.0. The van der Waals surface area contributed by atoms with Crippen molar-refractivity contribution in [1.82, 2.24) is 15.3 Å². The van der Waals surface area contributed by atoms with Gasteiger partial charge in [0.2, 0.25) is 0 Å². The van der Waals surface area contributed by atoms with Crippen molar-refractivity contribution in [2.24, 2.45) is 0 Å². The van der Waals surface area contributed by atoms with Gasteiger partial charge in [-0.25, -0.2) is 14.8 Å². The number of amides is 1. The number of carbonyl (C=O) groups excluding carboxylic acids is 1. The summed E-state index contributed by atoms with van der Waals surface area (Å²) in [6.45, 7) is 8.67. The normalized spacial score (nSPS) is 12.1. The Balaban J connectivity index is 1.40. The predicted molar refractivity (Wildman–Crippen MR) is 155 cm³/mol. The van der Waals surface area contributed by atoms with Gasteiger partial charge < -0.3 is 10.4 Å². The average Bonchev–Trinajstić information content (AvgIpc) is 2.93. The highest BCUT2D eigenvalue weighted by atomic mass is 16.4. The minimum absolute atomic E-state index is 0.0987. The Morgan fingerprint density at radius 1 is 0.795 bits per heavy atom. The van der Waals surface area contributed by atoms with Crippen molar-refractivity contribution in [3.63, 3.8) is 0 Å². The number of carboxylic acid groups (broad SMARTS) is 1. The lowest BCUT2D eigenvalue weighted by Crippen LogP contribution is -2.42. The second kappa shape index (κ2) is 12.0. The zero-order valence-electron chi connectivity index (χ0n) is 22.9. The molecular weight excluding hydrogens is 486 g/mol. The maximum absolute atomic E-state index is 12.7. The molecule has 0 fully saturated rings. The Labute approximate surface area is 230 Å². The maximum Gasteiger partial charge on any atom is 0.326 e. The van der Waals surface area contributed by atoms with Crippen LogP contribution >= 0.6 is 0 Å². The van der Waals surface area contributed by atoms with Gasteiger partial charge in [-0.05, 0) is 46.2 Å². The summed E-state index contributed by atoms with van der Waals surface area (Å²) in [6.07, 6.45) is 5.76. The molecule has 4 aromatic rings. The standard InChI is InChI=1S/C33H35N3O3/c1-5-6-22-7-13-26(14-8-22)31(37)36-29(32(38)39)19-23-9-11-25(12-10-23)30-34-20-27(21-35-30)24-15-17-28(18-16-24)33(2,3)4/h7-18,20-21,29H,5-6,19H2,1-4H3,(H,36,37)(H,38,39)/t29-/m0/s1. The Bertz CT molecular complexity index is 1400. The quantitative estimate of drug-likeness (QED) is 0.263. The fraction of sp³-hybridized carbons (Fsp3) is 0.273. The molecule has 0 aliphatic carbocycles. The van der Waals surface area contributed by atoms with Crippen molar-refractivity contribution in [3.8, 4) is 22.5 Å². The first kappa shape index (κ1) is 27.7. The van der Waals surface area contributed by atoms with E-state index in [0.717, 1.165) is 40.7 Å². The first-order chi connectivity index (χ1) is 18.6. The summed E-state index contributed by atoms with van der Waals surface area (Å²) < 4.78 is 0. The van der Waals surface area contributed by atoms with E-state index in [1.54, 1.807) is 12.1 Å². The van der Waals surface area contributed by atoms with E-state index in [0.29, 0.717) is 11.4 Å². The molecule has 0 unspecified atom stereocenters. The number of carbonyl (C=O) groups is 2. The molecule has 1 aromatic heterocycles.